The third kappa shape index (κ3) is 4.33. The summed E-state index contributed by atoms with van der Waals surface area (Å²) in [4.78, 5) is 15.0. The van der Waals surface area contributed by atoms with Crippen LogP contribution in [0.1, 0.15) is 34.8 Å². The van der Waals surface area contributed by atoms with Crippen LogP contribution in [0.3, 0.4) is 0 Å². The maximum Gasteiger partial charge on any atom is 0.258 e. The Morgan fingerprint density at radius 2 is 1.81 bits per heavy atom. The molecule has 1 unspecified atom stereocenters. The van der Waals surface area contributed by atoms with E-state index in [1.807, 2.05) is 66.4 Å². The van der Waals surface area contributed by atoms with Crippen molar-refractivity contribution in [2.24, 2.45) is 0 Å². The molecule has 1 aliphatic heterocycles. The molecule has 1 aliphatic rings. The van der Waals surface area contributed by atoms with E-state index in [9.17, 15) is 4.79 Å². The molecule has 0 saturated carbocycles. The number of carbonyl (C=O) groups is 1. The van der Waals surface area contributed by atoms with E-state index in [0.29, 0.717) is 18.7 Å². The van der Waals surface area contributed by atoms with Crippen molar-refractivity contribution < 1.29 is 9.53 Å². The van der Waals surface area contributed by atoms with E-state index in [1.165, 1.54) is 5.56 Å². The monoisotopic (exact) mass is 412 g/mol. The van der Waals surface area contributed by atoms with Crippen LogP contribution in [-0.4, -0.2) is 24.0 Å². The second kappa shape index (κ2) is 9.09. The number of amides is 1. The Balaban J connectivity index is 1.52. The number of rotatable bonds is 8. The van der Waals surface area contributed by atoms with Gasteiger partial charge in [0, 0.05) is 17.8 Å². The number of fused-ring (bicyclic) bond motifs is 1. The number of hydrogen-bond donors (Lipinski definition) is 1. The number of carbonyl (C=O) groups excluding carboxylic acids is 1. The Morgan fingerprint density at radius 3 is 2.61 bits per heavy atom. The van der Waals surface area contributed by atoms with E-state index in [2.05, 4.69) is 36.2 Å². The first-order valence-electron chi connectivity index (χ1n) is 10.7. The number of hydrogen-bond acceptors (Lipinski definition) is 3. The van der Waals surface area contributed by atoms with Gasteiger partial charge in [-0.1, -0.05) is 60.7 Å². The smallest absolute Gasteiger partial charge is 0.258 e. The molecule has 4 heteroatoms. The van der Waals surface area contributed by atoms with Gasteiger partial charge in [0.15, 0.2) is 0 Å². The van der Waals surface area contributed by atoms with Crippen LogP contribution in [0.5, 0.6) is 5.75 Å². The predicted molar refractivity (Wildman–Crippen MR) is 125 cm³/mol. The molecule has 0 spiro atoms. The lowest BCUT2D eigenvalue weighted by atomic mass is 9.93. The van der Waals surface area contributed by atoms with Gasteiger partial charge < -0.3 is 15.0 Å². The second-order valence-corrected chi connectivity index (χ2v) is 7.91. The van der Waals surface area contributed by atoms with Crippen molar-refractivity contribution in [1.82, 2.24) is 4.90 Å². The van der Waals surface area contributed by atoms with Gasteiger partial charge in [0.1, 0.15) is 11.4 Å². The molecule has 1 atom stereocenters. The highest BCUT2D eigenvalue weighted by Crippen LogP contribution is 2.38. The number of ether oxygens (including phenoxy) is 1. The van der Waals surface area contributed by atoms with Crippen molar-refractivity contribution in [2.45, 2.75) is 25.4 Å². The first kappa shape index (κ1) is 20.7. The molecule has 31 heavy (non-hydrogen) atoms. The minimum Gasteiger partial charge on any atom is -0.494 e. The Labute approximate surface area is 184 Å². The molecule has 0 aromatic heterocycles. The van der Waals surface area contributed by atoms with E-state index in [1.54, 1.807) is 6.08 Å². The molecule has 3 aromatic rings. The summed E-state index contributed by atoms with van der Waals surface area (Å²) in [5.41, 5.74) is 3.09. The van der Waals surface area contributed by atoms with Crippen LogP contribution in [0.4, 0.5) is 5.69 Å². The molecular weight excluding hydrogens is 384 g/mol. The Hall–Kier alpha value is -3.53. The van der Waals surface area contributed by atoms with Gasteiger partial charge in [-0.2, -0.15) is 0 Å². The Morgan fingerprint density at radius 1 is 1.03 bits per heavy atom. The van der Waals surface area contributed by atoms with Crippen LogP contribution < -0.4 is 10.1 Å². The van der Waals surface area contributed by atoms with Crippen molar-refractivity contribution in [3.05, 3.63) is 108 Å². The summed E-state index contributed by atoms with van der Waals surface area (Å²) >= 11 is 0. The van der Waals surface area contributed by atoms with E-state index in [4.69, 9.17) is 4.74 Å². The Bertz CT molecular complexity index is 1060. The minimum atomic E-state index is -0.705. The molecule has 4 rings (SSSR count). The molecule has 1 heterocycles. The lowest BCUT2D eigenvalue weighted by molar-refractivity contribution is 0.0572. The van der Waals surface area contributed by atoms with Gasteiger partial charge in [0.05, 0.1) is 12.2 Å². The highest BCUT2D eigenvalue weighted by molar-refractivity contribution is 6.02. The standard InChI is InChI=1S/C27H28N2O2/c1-3-18-29-26(30)24-16-7-8-17-25(24)28-27(29,2)22-14-9-15-23(20-22)31-19-10-13-21-11-5-4-6-12-21/h3-9,11-12,14-17,20,28H,1,10,13,18-19H2,2H3. The van der Waals surface area contributed by atoms with Crippen LogP contribution in [0.2, 0.25) is 0 Å². The quantitative estimate of drug-likeness (QED) is 0.385. The maximum absolute atomic E-state index is 13.2. The molecule has 1 N–H and O–H groups in total. The zero-order chi connectivity index (χ0) is 21.7. The number of nitrogens with zero attached hydrogens (tertiary/aromatic N) is 1. The van der Waals surface area contributed by atoms with Crippen molar-refractivity contribution in [1.29, 1.82) is 0 Å². The fraction of sp³-hybridized carbons (Fsp3) is 0.222. The van der Waals surface area contributed by atoms with Gasteiger partial charge in [-0.3, -0.25) is 4.79 Å². The van der Waals surface area contributed by atoms with Gasteiger partial charge in [-0.05, 0) is 49.6 Å². The van der Waals surface area contributed by atoms with Crippen molar-refractivity contribution in [3.8, 4) is 5.75 Å². The fourth-order valence-electron chi connectivity index (χ4n) is 4.08. The fourth-order valence-corrected chi connectivity index (χ4v) is 4.08. The molecule has 158 valence electrons. The van der Waals surface area contributed by atoms with Crippen molar-refractivity contribution in [2.75, 3.05) is 18.5 Å². The summed E-state index contributed by atoms with van der Waals surface area (Å²) in [6, 6.07) is 26.0. The third-order valence-corrected chi connectivity index (χ3v) is 5.75. The van der Waals surface area contributed by atoms with E-state index >= 15 is 0 Å². The SMILES string of the molecule is C=CCN1C(=O)c2ccccc2NC1(C)c1cccc(OCCCc2ccccc2)c1. The van der Waals surface area contributed by atoms with E-state index < -0.39 is 5.66 Å². The highest BCUT2D eigenvalue weighted by atomic mass is 16.5. The summed E-state index contributed by atoms with van der Waals surface area (Å²) in [6.45, 7) is 6.96. The zero-order valence-corrected chi connectivity index (χ0v) is 17.9. The van der Waals surface area contributed by atoms with E-state index in [0.717, 1.165) is 29.8 Å². The number of aryl methyl sites for hydroxylation is 1. The first-order chi connectivity index (χ1) is 15.1. The average Bonchev–Trinajstić information content (AvgIpc) is 2.80. The normalized spacial score (nSPS) is 17.6. The lowest BCUT2D eigenvalue weighted by Gasteiger charge is -2.46. The van der Waals surface area contributed by atoms with Crippen LogP contribution in [0.25, 0.3) is 0 Å². The maximum atomic E-state index is 13.2. The van der Waals surface area contributed by atoms with Gasteiger partial charge in [-0.25, -0.2) is 0 Å². The highest BCUT2D eigenvalue weighted by Gasteiger charge is 2.41. The first-order valence-corrected chi connectivity index (χ1v) is 10.7. The summed E-state index contributed by atoms with van der Waals surface area (Å²) in [7, 11) is 0. The van der Waals surface area contributed by atoms with Crippen LogP contribution in [0, 0.1) is 0 Å². The molecule has 0 aliphatic carbocycles. The Kier molecular flexibility index (Phi) is 6.08. The van der Waals surface area contributed by atoms with Crippen LogP contribution in [-0.2, 0) is 12.1 Å². The lowest BCUT2D eigenvalue weighted by Crippen LogP contribution is -2.55. The van der Waals surface area contributed by atoms with Crippen LogP contribution >= 0.6 is 0 Å². The average molecular weight is 413 g/mol. The molecule has 0 bridgehead atoms. The molecule has 1 amide bonds. The molecule has 4 nitrogen and oxygen atoms in total. The molecule has 0 radical (unpaired) electrons. The largest absolute Gasteiger partial charge is 0.494 e. The number of para-hydroxylation sites is 1. The molecule has 0 fully saturated rings. The molecular formula is C27H28N2O2. The number of nitrogens with one attached hydrogen (secondary N) is 1. The molecule has 3 aromatic carbocycles. The van der Waals surface area contributed by atoms with E-state index in [-0.39, 0.29) is 5.91 Å². The van der Waals surface area contributed by atoms with Gasteiger partial charge in [-0.15, -0.1) is 6.58 Å². The zero-order valence-electron chi connectivity index (χ0n) is 17.9. The van der Waals surface area contributed by atoms with Gasteiger partial charge >= 0.3 is 0 Å². The summed E-state index contributed by atoms with van der Waals surface area (Å²) in [5.74, 6) is 0.796. The number of anilines is 1. The van der Waals surface area contributed by atoms with Gasteiger partial charge in [0.25, 0.3) is 5.91 Å². The molecule has 0 saturated heterocycles. The topological polar surface area (TPSA) is 41.6 Å². The predicted octanol–water partition coefficient (Wildman–Crippen LogP) is 5.62. The van der Waals surface area contributed by atoms with Crippen molar-refractivity contribution >= 4 is 11.6 Å². The number of benzene rings is 3. The minimum absolute atomic E-state index is 0.00840. The van der Waals surface area contributed by atoms with Crippen LogP contribution in [0.15, 0.2) is 91.5 Å². The summed E-state index contributed by atoms with van der Waals surface area (Å²) in [5, 5.41) is 3.57. The van der Waals surface area contributed by atoms with Crippen molar-refractivity contribution in [3.63, 3.8) is 0 Å². The second-order valence-electron chi connectivity index (χ2n) is 7.91. The third-order valence-electron chi connectivity index (χ3n) is 5.75. The van der Waals surface area contributed by atoms with Gasteiger partial charge in [0.2, 0.25) is 0 Å². The summed E-state index contributed by atoms with van der Waals surface area (Å²) < 4.78 is 6.04. The summed E-state index contributed by atoms with van der Waals surface area (Å²) in [6.07, 6.45) is 3.69.